The van der Waals surface area contributed by atoms with Crippen molar-refractivity contribution in [2.24, 2.45) is 10.9 Å². The lowest BCUT2D eigenvalue weighted by atomic mass is 10.3. The first-order chi connectivity index (χ1) is 6.63. The molecule has 0 saturated heterocycles. The molecule has 6 heteroatoms. The highest BCUT2D eigenvalue weighted by molar-refractivity contribution is 9.10. The molecule has 0 aliphatic carbocycles. The van der Waals surface area contributed by atoms with E-state index in [0.717, 1.165) is 0 Å². The number of amidine groups is 1. The summed E-state index contributed by atoms with van der Waals surface area (Å²) in [6, 6.07) is 4.22. The van der Waals surface area contributed by atoms with E-state index in [2.05, 4.69) is 26.4 Å². The molecule has 76 valence electrons. The van der Waals surface area contributed by atoms with Crippen LogP contribution in [0.15, 0.2) is 27.8 Å². The van der Waals surface area contributed by atoms with Crippen molar-refractivity contribution in [3.8, 4) is 0 Å². The van der Waals surface area contributed by atoms with Gasteiger partial charge in [0.2, 0.25) is 0 Å². The van der Waals surface area contributed by atoms with Crippen molar-refractivity contribution < 1.29 is 9.60 Å². The van der Waals surface area contributed by atoms with Crippen molar-refractivity contribution in [2.75, 3.05) is 11.9 Å². The van der Waals surface area contributed by atoms with E-state index in [1.165, 1.54) is 12.1 Å². The first-order valence-corrected chi connectivity index (χ1v) is 4.58. The SMILES string of the molecule is N/C(CNc1cc(F)ccc1Br)=N/O. The molecule has 0 atom stereocenters. The minimum absolute atomic E-state index is 0.0289. The summed E-state index contributed by atoms with van der Waals surface area (Å²) >= 11 is 3.23. The average Bonchev–Trinajstić information content (AvgIpc) is 2.19. The predicted octanol–water partition coefficient (Wildman–Crippen LogP) is 1.75. The van der Waals surface area contributed by atoms with Gasteiger partial charge in [-0.1, -0.05) is 5.16 Å². The molecule has 0 spiro atoms. The Hall–Kier alpha value is -1.30. The van der Waals surface area contributed by atoms with Gasteiger partial charge in [-0.25, -0.2) is 4.39 Å². The Bertz CT molecular complexity index is 356. The van der Waals surface area contributed by atoms with Gasteiger partial charge in [0.15, 0.2) is 5.84 Å². The molecule has 0 aliphatic rings. The van der Waals surface area contributed by atoms with E-state index < -0.39 is 0 Å². The van der Waals surface area contributed by atoms with Crippen LogP contribution < -0.4 is 11.1 Å². The van der Waals surface area contributed by atoms with Crippen molar-refractivity contribution in [2.45, 2.75) is 0 Å². The summed E-state index contributed by atoms with van der Waals surface area (Å²) in [6.45, 7) is 0.151. The third-order valence-electron chi connectivity index (χ3n) is 1.52. The van der Waals surface area contributed by atoms with Gasteiger partial charge in [-0.15, -0.1) is 0 Å². The number of hydrogen-bond donors (Lipinski definition) is 3. The molecule has 0 aliphatic heterocycles. The van der Waals surface area contributed by atoms with Crippen molar-refractivity contribution >= 4 is 27.5 Å². The lowest BCUT2D eigenvalue weighted by Crippen LogP contribution is -2.22. The fraction of sp³-hybridized carbons (Fsp3) is 0.125. The van der Waals surface area contributed by atoms with Crippen LogP contribution in [0.4, 0.5) is 10.1 Å². The van der Waals surface area contributed by atoms with Crippen molar-refractivity contribution in [1.82, 2.24) is 0 Å². The van der Waals surface area contributed by atoms with Gasteiger partial charge in [0.25, 0.3) is 0 Å². The zero-order valence-corrected chi connectivity index (χ0v) is 8.75. The summed E-state index contributed by atoms with van der Waals surface area (Å²) in [5.41, 5.74) is 5.79. The van der Waals surface area contributed by atoms with Gasteiger partial charge in [-0.05, 0) is 34.1 Å². The number of nitrogens with zero attached hydrogens (tertiary/aromatic N) is 1. The zero-order valence-electron chi connectivity index (χ0n) is 7.17. The number of nitrogens with two attached hydrogens (primary N) is 1. The van der Waals surface area contributed by atoms with E-state index in [1.807, 2.05) is 0 Å². The van der Waals surface area contributed by atoms with Gasteiger partial charge < -0.3 is 16.3 Å². The summed E-state index contributed by atoms with van der Waals surface area (Å²) in [5, 5.41) is 13.9. The number of benzene rings is 1. The molecule has 1 rings (SSSR count). The van der Waals surface area contributed by atoms with Gasteiger partial charge in [-0.2, -0.15) is 0 Å². The third kappa shape index (κ3) is 2.88. The summed E-state index contributed by atoms with van der Waals surface area (Å²) in [6.07, 6.45) is 0. The van der Waals surface area contributed by atoms with Crippen LogP contribution in [0, 0.1) is 5.82 Å². The van der Waals surface area contributed by atoms with Gasteiger partial charge in [0, 0.05) is 4.47 Å². The fourth-order valence-electron chi connectivity index (χ4n) is 0.854. The molecule has 0 bridgehead atoms. The summed E-state index contributed by atoms with van der Waals surface area (Å²) in [5.74, 6) is -0.323. The smallest absolute Gasteiger partial charge is 0.158 e. The van der Waals surface area contributed by atoms with Gasteiger partial charge >= 0.3 is 0 Å². The second kappa shape index (κ2) is 4.80. The molecule has 0 aromatic heterocycles. The topological polar surface area (TPSA) is 70.6 Å². The Balaban J connectivity index is 2.71. The van der Waals surface area contributed by atoms with E-state index in [1.54, 1.807) is 6.07 Å². The van der Waals surface area contributed by atoms with E-state index in [4.69, 9.17) is 10.9 Å². The van der Waals surface area contributed by atoms with Gasteiger partial charge in [-0.3, -0.25) is 0 Å². The highest BCUT2D eigenvalue weighted by Gasteiger charge is 2.01. The molecule has 4 N–H and O–H groups in total. The maximum atomic E-state index is 12.8. The third-order valence-corrected chi connectivity index (χ3v) is 2.21. The number of oxime groups is 1. The Kier molecular flexibility index (Phi) is 3.70. The molecule has 1 aromatic carbocycles. The number of halogens is 2. The van der Waals surface area contributed by atoms with Crippen molar-refractivity contribution in [3.63, 3.8) is 0 Å². The lowest BCUT2D eigenvalue weighted by molar-refractivity contribution is 0.317. The summed E-state index contributed by atoms with van der Waals surface area (Å²) < 4.78 is 13.5. The fourth-order valence-corrected chi connectivity index (χ4v) is 1.24. The second-order valence-corrected chi connectivity index (χ2v) is 3.42. The average molecular weight is 262 g/mol. The summed E-state index contributed by atoms with van der Waals surface area (Å²) in [7, 11) is 0. The number of anilines is 1. The van der Waals surface area contributed by atoms with E-state index >= 15 is 0 Å². The molecule has 0 heterocycles. The molecule has 1 aromatic rings. The first kappa shape index (κ1) is 10.8. The standard InChI is InChI=1S/C8H9BrFN3O/c9-6-2-1-5(10)3-7(6)12-4-8(11)13-14/h1-3,12,14H,4H2,(H2,11,13). The predicted molar refractivity (Wildman–Crippen MR) is 56.0 cm³/mol. The molecule has 4 nitrogen and oxygen atoms in total. The van der Waals surface area contributed by atoms with Crippen molar-refractivity contribution in [1.29, 1.82) is 0 Å². The van der Waals surface area contributed by atoms with E-state index in [0.29, 0.717) is 10.2 Å². The molecule has 0 amide bonds. The van der Waals surface area contributed by atoms with Crippen LogP contribution in [0.3, 0.4) is 0 Å². The monoisotopic (exact) mass is 261 g/mol. The molecule has 0 fully saturated rings. The highest BCUT2D eigenvalue weighted by Crippen LogP contribution is 2.22. The Morgan fingerprint density at radius 3 is 3.00 bits per heavy atom. The Labute approximate surface area is 88.7 Å². The second-order valence-electron chi connectivity index (χ2n) is 2.57. The maximum absolute atomic E-state index is 12.8. The van der Waals surface area contributed by atoms with Crippen molar-refractivity contribution in [3.05, 3.63) is 28.5 Å². The quantitative estimate of drug-likeness (QED) is 0.336. The molecule has 0 unspecified atom stereocenters. The normalized spacial score (nSPS) is 11.4. The molecular formula is C8H9BrFN3O. The van der Waals surface area contributed by atoms with Crippen LogP contribution in [0.1, 0.15) is 0 Å². The minimum atomic E-state index is -0.352. The summed E-state index contributed by atoms with van der Waals surface area (Å²) in [4.78, 5) is 0. The van der Waals surface area contributed by atoms with E-state index in [9.17, 15) is 4.39 Å². The van der Waals surface area contributed by atoms with Gasteiger partial charge in [0.05, 0.1) is 12.2 Å². The number of hydrogen-bond acceptors (Lipinski definition) is 3. The highest BCUT2D eigenvalue weighted by atomic mass is 79.9. The van der Waals surface area contributed by atoms with E-state index in [-0.39, 0.29) is 18.2 Å². The van der Waals surface area contributed by atoms with Crippen LogP contribution in [0.2, 0.25) is 0 Å². The zero-order chi connectivity index (χ0) is 10.6. The Morgan fingerprint density at radius 2 is 2.36 bits per heavy atom. The molecule has 14 heavy (non-hydrogen) atoms. The lowest BCUT2D eigenvalue weighted by Gasteiger charge is -2.07. The molecular weight excluding hydrogens is 253 g/mol. The minimum Gasteiger partial charge on any atom is -0.409 e. The Morgan fingerprint density at radius 1 is 1.64 bits per heavy atom. The van der Waals surface area contributed by atoms with Crippen LogP contribution in [0.25, 0.3) is 0 Å². The molecule has 0 radical (unpaired) electrons. The van der Waals surface area contributed by atoms with Gasteiger partial charge in [0.1, 0.15) is 5.82 Å². The molecule has 0 saturated carbocycles. The van der Waals surface area contributed by atoms with Crippen LogP contribution in [-0.2, 0) is 0 Å². The van der Waals surface area contributed by atoms with Crippen LogP contribution in [0.5, 0.6) is 0 Å². The van der Waals surface area contributed by atoms with Crippen LogP contribution >= 0.6 is 15.9 Å². The number of rotatable bonds is 3. The van der Waals surface area contributed by atoms with Crippen LogP contribution in [-0.4, -0.2) is 17.6 Å². The largest absolute Gasteiger partial charge is 0.409 e. The first-order valence-electron chi connectivity index (χ1n) is 3.79. The number of nitrogens with one attached hydrogen (secondary N) is 1. The maximum Gasteiger partial charge on any atom is 0.158 e.